The van der Waals surface area contributed by atoms with Gasteiger partial charge >= 0.3 is 0 Å². The fraction of sp³-hybridized carbons (Fsp3) is 0.150. The number of aromatic carboxylic acids is 1. The van der Waals surface area contributed by atoms with Gasteiger partial charge in [0.15, 0.2) is 0 Å². The quantitative estimate of drug-likeness (QED) is 0.696. The van der Waals surface area contributed by atoms with Gasteiger partial charge in [-0.05, 0) is 56.3 Å². The second kappa shape index (κ2) is 8.04. The Labute approximate surface area is 171 Å². The van der Waals surface area contributed by atoms with Crippen molar-refractivity contribution >= 4 is 52.6 Å². The molecule has 0 unspecified atom stereocenters. The number of carboxylic acids is 1. The van der Waals surface area contributed by atoms with Crippen LogP contribution in [0.4, 0.5) is 5.69 Å². The average Bonchev–Trinajstić information content (AvgIpc) is 2.92. The minimum absolute atomic E-state index is 0.0205. The normalized spacial score (nSPS) is 15.1. The maximum atomic E-state index is 12.9. The highest BCUT2D eigenvalue weighted by Crippen LogP contribution is 2.31. The van der Waals surface area contributed by atoms with Crippen LogP contribution in [0.3, 0.4) is 0 Å². The summed E-state index contributed by atoms with van der Waals surface area (Å²) in [7, 11) is 0. The molecule has 0 saturated carbocycles. The van der Waals surface area contributed by atoms with Crippen molar-refractivity contribution < 1.29 is 19.4 Å². The molecular weight excluding hydrogens is 403 g/mol. The zero-order valence-electron chi connectivity index (χ0n) is 15.0. The zero-order chi connectivity index (χ0) is 20.4. The minimum Gasteiger partial charge on any atom is -0.545 e. The molecule has 0 fully saturated rings. The monoisotopic (exact) mass is 417 g/mol. The number of halogens is 2. The van der Waals surface area contributed by atoms with Gasteiger partial charge in [-0.2, -0.15) is 10.1 Å². The highest BCUT2D eigenvalue weighted by atomic mass is 35.5. The fourth-order valence-corrected chi connectivity index (χ4v) is 3.11. The molecule has 28 heavy (non-hydrogen) atoms. The first kappa shape index (κ1) is 19.9. The van der Waals surface area contributed by atoms with E-state index in [0.717, 1.165) is 5.01 Å². The van der Waals surface area contributed by atoms with Gasteiger partial charge in [0.05, 0.1) is 29.5 Å². The molecule has 1 aliphatic rings. The molecule has 3 rings (SSSR count). The third kappa shape index (κ3) is 3.88. The lowest BCUT2D eigenvalue weighted by molar-refractivity contribution is -0.255. The molecule has 0 saturated heterocycles. The van der Waals surface area contributed by atoms with Gasteiger partial charge in [-0.1, -0.05) is 23.2 Å². The Hall–Kier alpha value is -2.83. The van der Waals surface area contributed by atoms with E-state index in [2.05, 4.69) is 5.10 Å². The number of hydrazone groups is 1. The summed E-state index contributed by atoms with van der Waals surface area (Å²) in [6, 6.07) is 9.27. The lowest BCUT2D eigenvalue weighted by atomic mass is 10.1. The molecule has 1 aliphatic heterocycles. The van der Waals surface area contributed by atoms with E-state index >= 15 is 0 Å². The molecule has 0 aliphatic carbocycles. The van der Waals surface area contributed by atoms with Crippen molar-refractivity contribution in [3.63, 3.8) is 0 Å². The van der Waals surface area contributed by atoms with Gasteiger partial charge in [0.1, 0.15) is 5.75 Å². The number of nitrogens with zero attached hydrogens (tertiary/aromatic N) is 2. The number of carbonyl (C=O) groups excluding carboxylic acids is 2. The minimum atomic E-state index is -1.43. The maximum absolute atomic E-state index is 12.9. The number of carboxylic acid groups (broad SMARTS) is 1. The van der Waals surface area contributed by atoms with Crippen LogP contribution in [0.5, 0.6) is 5.75 Å². The van der Waals surface area contributed by atoms with E-state index in [9.17, 15) is 14.7 Å². The molecule has 1 heterocycles. The van der Waals surface area contributed by atoms with Crippen molar-refractivity contribution in [2.75, 3.05) is 11.6 Å². The first-order valence-electron chi connectivity index (χ1n) is 8.36. The molecule has 2 aromatic carbocycles. The Bertz CT molecular complexity index is 1030. The summed E-state index contributed by atoms with van der Waals surface area (Å²) in [5.74, 6) is -1.26. The molecular formula is C20H15Cl2N2O4-. The maximum Gasteiger partial charge on any atom is 0.280 e. The van der Waals surface area contributed by atoms with Gasteiger partial charge < -0.3 is 14.6 Å². The van der Waals surface area contributed by atoms with Gasteiger partial charge in [-0.3, -0.25) is 4.79 Å². The summed E-state index contributed by atoms with van der Waals surface area (Å²) < 4.78 is 5.58. The van der Waals surface area contributed by atoms with Gasteiger partial charge in [0.2, 0.25) is 0 Å². The highest BCUT2D eigenvalue weighted by molar-refractivity contribution is 6.34. The van der Waals surface area contributed by atoms with E-state index in [1.807, 2.05) is 6.92 Å². The lowest BCUT2D eigenvalue weighted by Gasteiger charge is -2.14. The van der Waals surface area contributed by atoms with Crippen LogP contribution in [0.2, 0.25) is 10.0 Å². The summed E-state index contributed by atoms with van der Waals surface area (Å²) in [5.41, 5.74) is 1.50. The van der Waals surface area contributed by atoms with E-state index in [-0.39, 0.29) is 16.3 Å². The summed E-state index contributed by atoms with van der Waals surface area (Å²) in [5, 5.41) is 17.1. The summed E-state index contributed by atoms with van der Waals surface area (Å²) in [6.45, 7) is 4.00. The van der Waals surface area contributed by atoms with Crippen molar-refractivity contribution in [2.24, 2.45) is 5.10 Å². The van der Waals surface area contributed by atoms with Crippen LogP contribution in [-0.4, -0.2) is 24.2 Å². The largest absolute Gasteiger partial charge is 0.545 e. The number of ether oxygens (including phenoxy) is 1. The Morgan fingerprint density at radius 2 is 2.00 bits per heavy atom. The Morgan fingerprint density at radius 3 is 2.68 bits per heavy atom. The average molecular weight is 418 g/mol. The molecule has 8 heteroatoms. The van der Waals surface area contributed by atoms with Gasteiger partial charge in [0, 0.05) is 21.2 Å². The summed E-state index contributed by atoms with van der Waals surface area (Å²) in [6.07, 6.45) is 1.65. The first-order chi connectivity index (χ1) is 13.3. The molecule has 0 bridgehead atoms. The number of rotatable bonds is 5. The topological polar surface area (TPSA) is 82.0 Å². The molecule has 0 N–H and O–H groups in total. The van der Waals surface area contributed by atoms with Crippen molar-refractivity contribution in [1.29, 1.82) is 0 Å². The molecule has 0 aromatic heterocycles. The summed E-state index contributed by atoms with van der Waals surface area (Å²) in [4.78, 5) is 24.1. The molecule has 1 amide bonds. The molecule has 0 spiro atoms. The van der Waals surface area contributed by atoms with Crippen molar-refractivity contribution in [3.8, 4) is 5.75 Å². The molecule has 6 nitrogen and oxygen atoms in total. The van der Waals surface area contributed by atoms with Crippen LogP contribution in [0.25, 0.3) is 6.08 Å². The number of hydrogen-bond donors (Lipinski definition) is 0. The number of carbonyl (C=O) groups is 2. The van der Waals surface area contributed by atoms with Crippen LogP contribution < -0.4 is 14.9 Å². The second-order valence-electron chi connectivity index (χ2n) is 5.93. The van der Waals surface area contributed by atoms with Gasteiger partial charge in [-0.15, -0.1) is 0 Å². The van der Waals surface area contributed by atoms with E-state index in [1.54, 1.807) is 31.2 Å². The third-order valence-electron chi connectivity index (χ3n) is 4.05. The van der Waals surface area contributed by atoms with E-state index in [4.69, 9.17) is 27.9 Å². The molecule has 0 radical (unpaired) electrons. The van der Waals surface area contributed by atoms with Crippen LogP contribution in [0, 0.1) is 0 Å². The number of benzene rings is 2. The van der Waals surface area contributed by atoms with Crippen LogP contribution in [-0.2, 0) is 4.79 Å². The first-order valence-corrected chi connectivity index (χ1v) is 9.12. The lowest BCUT2D eigenvalue weighted by Crippen LogP contribution is -2.25. The molecule has 0 atom stereocenters. The van der Waals surface area contributed by atoms with Crippen LogP contribution in [0.15, 0.2) is 47.1 Å². The SMILES string of the molecule is CCOc1ccc(Cl)cc1/C=C1\C(=O)N(c2ccc(Cl)c(C(=O)[O-])c2)N=C1C. The Kier molecular flexibility index (Phi) is 5.72. The Morgan fingerprint density at radius 1 is 1.25 bits per heavy atom. The predicted molar refractivity (Wildman–Crippen MR) is 107 cm³/mol. The number of anilines is 1. The van der Waals surface area contributed by atoms with Gasteiger partial charge in [0.25, 0.3) is 5.91 Å². The van der Waals surface area contributed by atoms with Crippen LogP contribution in [0.1, 0.15) is 29.8 Å². The number of hydrogen-bond acceptors (Lipinski definition) is 5. The summed E-state index contributed by atoms with van der Waals surface area (Å²) >= 11 is 11.9. The number of amides is 1. The molecule has 2 aromatic rings. The van der Waals surface area contributed by atoms with Crippen LogP contribution >= 0.6 is 23.2 Å². The van der Waals surface area contributed by atoms with E-state index in [1.165, 1.54) is 18.2 Å². The van der Waals surface area contributed by atoms with E-state index < -0.39 is 11.9 Å². The van der Waals surface area contributed by atoms with Crippen molar-refractivity contribution in [2.45, 2.75) is 13.8 Å². The predicted octanol–water partition coefficient (Wildman–Crippen LogP) is 3.56. The highest BCUT2D eigenvalue weighted by Gasteiger charge is 2.29. The third-order valence-corrected chi connectivity index (χ3v) is 4.61. The Balaban J connectivity index is 2.00. The van der Waals surface area contributed by atoms with E-state index in [0.29, 0.717) is 34.2 Å². The zero-order valence-corrected chi connectivity index (χ0v) is 16.5. The van der Waals surface area contributed by atoms with Gasteiger partial charge in [-0.25, -0.2) is 0 Å². The fourth-order valence-electron chi connectivity index (χ4n) is 2.74. The smallest absolute Gasteiger partial charge is 0.280 e. The van der Waals surface area contributed by atoms with Crippen molar-refractivity contribution in [1.82, 2.24) is 0 Å². The standard InChI is InChI=1S/C20H16Cl2N2O4/c1-3-28-18-7-4-13(21)8-12(18)9-15-11(2)23-24(19(15)25)14-5-6-17(22)16(10-14)20(26)27/h4-10H,3H2,1-2H3,(H,26,27)/p-1/b15-9-. The van der Waals surface area contributed by atoms with Crippen molar-refractivity contribution in [3.05, 3.63) is 63.1 Å². The molecule has 144 valence electrons. The second-order valence-corrected chi connectivity index (χ2v) is 6.77.